The second-order valence-corrected chi connectivity index (χ2v) is 10.6. The summed E-state index contributed by atoms with van der Waals surface area (Å²) in [4.78, 5) is 53.7. The van der Waals surface area contributed by atoms with Gasteiger partial charge in [-0.2, -0.15) is 0 Å². The first-order valence-corrected chi connectivity index (χ1v) is 13.1. The van der Waals surface area contributed by atoms with Crippen molar-refractivity contribution in [3.05, 3.63) is 45.1 Å². The lowest BCUT2D eigenvalue weighted by Crippen LogP contribution is -2.47. The molecule has 0 bridgehead atoms. The van der Waals surface area contributed by atoms with Crippen molar-refractivity contribution in [2.45, 2.75) is 84.3 Å². The number of benzene rings is 1. The first kappa shape index (κ1) is 25.2. The number of aromatic nitrogens is 2. The number of fused-ring (bicyclic) bond motifs is 1. The van der Waals surface area contributed by atoms with Gasteiger partial charge >= 0.3 is 5.69 Å². The van der Waals surface area contributed by atoms with Gasteiger partial charge in [0.25, 0.3) is 5.56 Å². The van der Waals surface area contributed by atoms with Gasteiger partial charge in [0.2, 0.25) is 11.8 Å². The van der Waals surface area contributed by atoms with Gasteiger partial charge in [-0.25, -0.2) is 4.79 Å². The number of hydrogen-bond acceptors (Lipinski definition) is 4. The molecule has 4 rings (SSSR count). The third-order valence-corrected chi connectivity index (χ3v) is 7.40. The second-order valence-electron chi connectivity index (χ2n) is 10.6. The Hall–Kier alpha value is -2.90. The molecule has 1 N–H and O–H groups in total. The minimum atomic E-state index is -0.462. The first-order valence-electron chi connectivity index (χ1n) is 13.1. The Bertz CT molecular complexity index is 1170. The average Bonchev–Trinajstić information content (AvgIpc) is 3.33. The standard InChI is InChI=1S/C27H38N4O4/c1-19-15-20(2)17-29(16-19)25(33)18-31-23-12-6-5-11-22(23)26(34)30(27(31)35)14-8-7-13-24(32)28-21-9-3-4-10-21/h5-6,11-12,19-21H,3-4,7-10,13-18H2,1-2H3,(H,28,32)/t19-,20-/m1/s1. The quantitative estimate of drug-likeness (QED) is 0.586. The minimum Gasteiger partial charge on any atom is -0.353 e. The fourth-order valence-electron chi connectivity index (χ4n) is 5.75. The Morgan fingerprint density at radius 3 is 2.37 bits per heavy atom. The number of carbonyl (C=O) groups is 2. The molecule has 2 aliphatic rings. The molecule has 1 aliphatic heterocycles. The molecular weight excluding hydrogens is 444 g/mol. The summed E-state index contributed by atoms with van der Waals surface area (Å²) in [5, 5.41) is 3.51. The molecule has 190 valence electrons. The van der Waals surface area contributed by atoms with Crippen LogP contribution in [0.4, 0.5) is 0 Å². The number of rotatable bonds is 8. The van der Waals surface area contributed by atoms with Gasteiger partial charge in [0.15, 0.2) is 0 Å². The first-order chi connectivity index (χ1) is 16.8. The molecule has 2 fully saturated rings. The highest BCUT2D eigenvalue weighted by Gasteiger charge is 2.26. The minimum absolute atomic E-state index is 0.0377. The Morgan fingerprint density at radius 1 is 0.971 bits per heavy atom. The molecule has 8 heteroatoms. The number of amides is 2. The number of para-hydroxylation sites is 1. The molecule has 1 aromatic heterocycles. The summed E-state index contributed by atoms with van der Waals surface area (Å²) < 4.78 is 2.67. The van der Waals surface area contributed by atoms with Crippen molar-refractivity contribution >= 4 is 22.7 Å². The molecule has 1 aliphatic carbocycles. The maximum absolute atomic E-state index is 13.4. The normalized spacial score (nSPS) is 20.9. The van der Waals surface area contributed by atoms with Crippen LogP contribution in [0.5, 0.6) is 0 Å². The predicted octanol–water partition coefficient (Wildman–Crippen LogP) is 2.90. The number of likely N-dealkylation sites (tertiary alicyclic amines) is 1. The van der Waals surface area contributed by atoms with Crippen LogP contribution in [0.15, 0.2) is 33.9 Å². The summed E-state index contributed by atoms with van der Waals surface area (Å²) in [6.07, 6.45) is 7.05. The van der Waals surface area contributed by atoms with E-state index in [1.54, 1.807) is 24.3 Å². The molecule has 2 amide bonds. The van der Waals surface area contributed by atoms with E-state index in [2.05, 4.69) is 19.2 Å². The van der Waals surface area contributed by atoms with Crippen molar-refractivity contribution in [2.24, 2.45) is 11.8 Å². The van der Waals surface area contributed by atoms with Crippen LogP contribution in [-0.2, 0) is 22.7 Å². The van der Waals surface area contributed by atoms with Crippen LogP contribution < -0.4 is 16.6 Å². The number of nitrogens with zero attached hydrogens (tertiary/aromatic N) is 3. The molecular formula is C27H38N4O4. The van der Waals surface area contributed by atoms with E-state index in [1.807, 2.05) is 4.90 Å². The molecule has 0 spiro atoms. The largest absolute Gasteiger partial charge is 0.353 e. The Balaban J connectivity index is 1.48. The topological polar surface area (TPSA) is 93.4 Å². The van der Waals surface area contributed by atoms with E-state index in [-0.39, 0.29) is 30.5 Å². The monoisotopic (exact) mass is 482 g/mol. The fraction of sp³-hybridized carbons (Fsp3) is 0.630. The van der Waals surface area contributed by atoms with Gasteiger partial charge in [0.1, 0.15) is 6.54 Å². The van der Waals surface area contributed by atoms with Crippen LogP contribution in [0.3, 0.4) is 0 Å². The van der Waals surface area contributed by atoms with Crippen LogP contribution in [0.25, 0.3) is 10.9 Å². The van der Waals surface area contributed by atoms with Crippen LogP contribution in [0.1, 0.15) is 65.2 Å². The van der Waals surface area contributed by atoms with Gasteiger partial charge in [-0.15, -0.1) is 0 Å². The Morgan fingerprint density at radius 2 is 1.66 bits per heavy atom. The number of piperidine rings is 1. The van der Waals surface area contributed by atoms with Gasteiger partial charge in [-0.05, 0) is 56.1 Å². The number of unbranched alkanes of at least 4 members (excludes halogenated alkanes) is 1. The maximum atomic E-state index is 13.4. The number of carbonyl (C=O) groups excluding carboxylic acids is 2. The third-order valence-electron chi connectivity index (χ3n) is 7.40. The summed E-state index contributed by atoms with van der Waals surface area (Å²) in [5.74, 6) is 0.798. The van der Waals surface area contributed by atoms with Crippen molar-refractivity contribution in [3.63, 3.8) is 0 Å². The summed E-state index contributed by atoms with van der Waals surface area (Å²) in [7, 11) is 0. The third kappa shape index (κ3) is 6.03. The average molecular weight is 483 g/mol. The second kappa shape index (κ2) is 11.2. The zero-order valence-corrected chi connectivity index (χ0v) is 21.0. The van der Waals surface area contributed by atoms with Crippen LogP contribution in [0.2, 0.25) is 0 Å². The number of hydrogen-bond donors (Lipinski definition) is 1. The van der Waals surface area contributed by atoms with E-state index in [0.29, 0.717) is 61.1 Å². The van der Waals surface area contributed by atoms with E-state index < -0.39 is 5.69 Å². The van der Waals surface area contributed by atoms with E-state index in [1.165, 1.54) is 22.0 Å². The van der Waals surface area contributed by atoms with Crippen molar-refractivity contribution in [1.82, 2.24) is 19.4 Å². The molecule has 1 saturated heterocycles. The predicted molar refractivity (Wildman–Crippen MR) is 136 cm³/mol. The highest BCUT2D eigenvalue weighted by molar-refractivity contribution is 5.81. The highest BCUT2D eigenvalue weighted by atomic mass is 16.2. The van der Waals surface area contributed by atoms with Gasteiger partial charge in [-0.1, -0.05) is 38.8 Å². The Labute approximate surface area is 206 Å². The summed E-state index contributed by atoms with van der Waals surface area (Å²) >= 11 is 0. The molecule has 35 heavy (non-hydrogen) atoms. The van der Waals surface area contributed by atoms with Gasteiger partial charge in [-0.3, -0.25) is 23.5 Å². The van der Waals surface area contributed by atoms with Crippen LogP contribution >= 0.6 is 0 Å². The van der Waals surface area contributed by atoms with E-state index in [4.69, 9.17) is 0 Å². The maximum Gasteiger partial charge on any atom is 0.331 e. The Kier molecular flexibility index (Phi) is 8.08. The van der Waals surface area contributed by atoms with Crippen molar-refractivity contribution in [2.75, 3.05) is 13.1 Å². The van der Waals surface area contributed by atoms with Gasteiger partial charge < -0.3 is 10.2 Å². The lowest BCUT2D eigenvalue weighted by Gasteiger charge is -2.35. The fourth-order valence-corrected chi connectivity index (χ4v) is 5.75. The van der Waals surface area contributed by atoms with Crippen molar-refractivity contribution < 1.29 is 9.59 Å². The molecule has 0 unspecified atom stereocenters. The summed E-state index contributed by atoms with van der Waals surface area (Å²) in [6, 6.07) is 7.27. The SMILES string of the molecule is C[C@@H]1C[C@@H](C)CN(C(=O)Cn2c(=O)n(CCCCC(=O)NC3CCCC3)c(=O)c3ccccc32)C1. The smallest absolute Gasteiger partial charge is 0.331 e. The zero-order valence-electron chi connectivity index (χ0n) is 21.0. The van der Waals surface area contributed by atoms with Gasteiger partial charge in [0.05, 0.1) is 10.9 Å². The van der Waals surface area contributed by atoms with Crippen molar-refractivity contribution in [1.29, 1.82) is 0 Å². The summed E-state index contributed by atoms with van der Waals surface area (Å²) in [5.41, 5.74) is -0.318. The number of nitrogens with one attached hydrogen (secondary N) is 1. The van der Waals surface area contributed by atoms with E-state index >= 15 is 0 Å². The van der Waals surface area contributed by atoms with Gasteiger partial charge in [0, 0.05) is 32.1 Å². The molecule has 1 aromatic carbocycles. The van der Waals surface area contributed by atoms with E-state index in [9.17, 15) is 19.2 Å². The molecule has 8 nitrogen and oxygen atoms in total. The molecule has 2 atom stereocenters. The molecule has 1 saturated carbocycles. The highest BCUT2D eigenvalue weighted by Crippen LogP contribution is 2.21. The zero-order chi connectivity index (χ0) is 24.9. The molecule has 2 aromatic rings. The molecule has 2 heterocycles. The van der Waals surface area contributed by atoms with Crippen LogP contribution in [-0.4, -0.2) is 45.0 Å². The van der Waals surface area contributed by atoms with Crippen molar-refractivity contribution in [3.8, 4) is 0 Å². The van der Waals surface area contributed by atoms with E-state index in [0.717, 1.165) is 19.3 Å². The van der Waals surface area contributed by atoms with Crippen LogP contribution in [0, 0.1) is 11.8 Å². The lowest BCUT2D eigenvalue weighted by molar-refractivity contribution is -0.134. The molecule has 0 radical (unpaired) electrons. The lowest BCUT2D eigenvalue weighted by atomic mass is 9.92. The summed E-state index contributed by atoms with van der Waals surface area (Å²) in [6.45, 7) is 5.82.